The molecule has 2 rings (SSSR count). The van der Waals surface area contributed by atoms with Gasteiger partial charge in [-0.15, -0.1) is 0 Å². The van der Waals surface area contributed by atoms with Crippen LogP contribution in [-0.4, -0.2) is 42.2 Å². The van der Waals surface area contributed by atoms with Crippen molar-refractivity contribution in [1.29, 1.82) is 0 Å². The summed E-state index contributed by atoms with van der Waals surface area (Å²) < 4.78 is 42.8. The molecule has 0 bridgehead atoms. The quantitative estimate of drug-likeness (QED) is 0.418. The molecule has 0 aliphatic heterocycles. The molecule has 0 fully saturated rings. The molecule has 0 amide bonds. The van der Waals surface area contributed by atoms with E-state index in [1.165, 1.54) is 6.07 Å². The average molecular weight is 381 g/mol. The van der Waals surface area contributed by atoms with E-state index >= 15 is 0 Å². The number of alkyl halides is 3. The normalized spacial score (nSPS) is 11.9. The van der Waals surface area contributed by atoms with Gasteiger partial charge in [0.1, 0.15) is 6.61 Å². The second-order valence-electron chi connectivity index (χ2n) is 5.49. The van der Waals surface area contributed by atoms with Crippen molar-refractivity contribution in [3.05, 3.63) is 54.0 Å². The molecular weight excluding hydrogens is 359 g/mol. The van der Waals surface area contributed by atoms with E-state index in [2.05, 4.69) is 25.6 Å². The van der Waals surface area contributed by atoms with Gasteiger partial charge >= 0.3 is 6.18 Å². The van der Waals surface area contributed by atoms with E-state index in [4.69, 9.17) is 4.74 Å². The van der Waals surface area contributed by atoms with Crippen LogP contribution < -0.4 is 15.4 Å². The Morgan fingerprint density at radius 3 is 2.63 bits per heavy atom. The number of hydrogen-bond acceptors (Lipinski definition) is 4. The molecule has 0 aromatic carbocycles. The third-order valence-corrected chi connectivity index (χ3v) is 3.42. The largest absolute Gasteiger partial charge is 0.476 e. The van der Waals surface area contributed by atoms with Crippen LogP contribution in [-0.2, 0) is 12.6 Å². The molecule has 0 aliphatic carbocycles. The Hall–Kier alpha value is -2.84. The first-order valence-electron chi connectivity index (χ1n) is 8.57. The van der Waals surface area contributed by atoms with Crippen LogP contribution in [0.2, 0.25) is 0 Å². The highest BCUT2D eigenvalue weighted by Crippen LogP contribution is 2.29. The lowest BCUT2D eigenvalue weighted by Crippen LogP contribution is -2.39. The molecule has 146 valence electrons. The number of rotatable bonds is 8. The summed E-state index contributed by atoms with van der Waals surface area (Å²) in [6, 6.07) is 7.89. The first-order valence-corrected chi connectivity index (χ1v) is 8.57. The van der Waals surface area contributed by atoms with Crippen LogP contribution in [0.3, 0.4) is 0 Å². The van der Waals surface area contributed by atoms with E-state index < -0.39 is 11.7 Å². The molecule has 0 saturated heterocycles. The van der Waals surface area contributed by atoms with Crippen molar-refractivity contribution >= 4 is 5.96 Å². The number of ether oxygens (including phenoxy) is 1. The van der Waals surface area contributed by atoms with Crippen molar-refractivity contribution in [3.8, 4) is 5.88 Å². The maximum atomic E-state index is 12.5. The maximum absolute atomic E-state index is 12.5. The number of halogens is 3. The summed E-state index contributed by atoms with van der Waals surface area (Å²) in [5.74, 6) is 0.777. The molecule has 9 heteroatoms. The summed E-state index contributed by atoms with van der Waals surface area (Å²) in [6.07, 6.45) is -1.18. The fraction of sp³-hybridized carbons (Fsp3) is 0.389. The third kappa shape index (κ3) is 7.51. The SMILES string of the molecule is CCNC(=NCCc1ccccn1)NCCOc1ccc(C(F)(F)F)cn1. The number of aliphatic imine (C=N–C) groups is 1. The highest BCUT2D eigenvalue weighted by molar-refractivity contribution is 5.79. The van der Waals surface area contributed by atoms with Crippen molar-refractivity contribution < 1.29 is 17.9 Å². The highest BCUT2D eigenvalue weighted by Gasteiger charge is 2.30. The number of pyridine rings is 2. The number of nitrogens with zero attached hydrogens (tertiary/aromatic N) is 3. The molecule has 2 heterocycles. The molecule has 0 spiro atoms. The van der Waals surface area contributed by atoms with Crippen molar-refractivity contribution in [2.45, 2.75) is 19.5 Å². The molecule has 0 saturated carbocycles. The summed E-state index contributed by atoms with van der Waals surface area (Å²) in [5, 5.41) is 6.21. The summed E-state index contributed by atoms with van der Waals surface area (Å²) in [6.45, 7) is 3.91. The monoisotopic (exact) mass is 381 g/mol. The molecule has 2 aromatic rings. The van der Waals surface area contributed by atoms with E-state index in [1.807, 2.05) is 25.1 Å². The first kappa shape index (κ1) is 20.5. The van der Waals surface area contributed by atoms with Crippen LogP contribution in [0.5, 0.6) is 5.88 Å². The van der Waals surface area contributed by atoms with E-state index in [9.17, 15) is 13.2 Å². The fourth-order valence-electron chi connectivity index (χ4n) is 2.13. The Morgan fingerprint density at radius 2 is 2.00 bits per heavy atom. The Labute approximate surface area is 155 Å². The Bertz CT molecular complexity index is 705. The molecule has 2 N–H and O–H groups in total. The van der Waals surface area contributed by atoms with E-state index in [0.717, 1.165) is 24.4 Å². The smallest absolute Gasteiger partial charge is 0.417 e. The molecule has 0 radical (unpaired) electrons. The third-order valence-electron chi connectivity index (χ3n) is 3.42. The molecular formula is C18H22F3N5O. The minimum Gasteiger partial charge on any atom is -0.476 e. The van der Waals surface area contributed by atoms with Crippen molar-refractivity contribution in [2.24, 2.45) is 4.99 Å². The summed E-state index contributed by atoms with van der Waals surface area (Å²) in [4.78, 5) is 12.4. The van der Waals surface area contributed by atoms with Crippen LogP contribution in [0.15, 0.2) is 47.7 Å². The predicted molar refractivity (Wildman–Crippen MR) is 96.7 cm³/mol. The lowest BCUT2D eigenvalue weighted by molar-refractivity contribution is -0.137. The van der Waals surface area contributed by atoms with Gasteiger partial charge in [-0.3, -0.25) is 9.98 Å². The van der Waals surface area contributed by atoms with Gasteiger partial charge in [-0.1, -0.05) is 6.07 Å². The summed E-state index contributed by atoms with van der Waals surface area (Å²) >= 11 is 0. The summed E-state index contributed by atoms with van der Waals surface area (Å²) in [7, 11) is 0. The standard InChI is InChI=1S/C18H22F3N5O/c1-2-22-17(24-10-8-15-5-3-4-9-23-15)25-11-12-27-16-7-6-14(13-26-16)18(19,20)21/h3-7,9,13H,2,8,10-12H2,1H3,(H2,22,24,25). The minimum absolute atomic E-state index is 0.141. The fourth-order valence-corrected chi connectivity index (χ4v) is 2.13. The van der Waals surface area contributed by atoms with Gasteiger partial charge < -0.3 is 15.4 Å². The second-order valence-corrected chi connectivity index (χ2v) is 5.49. The molecule has 27 heavy (non-hydrogen) atoms. The number of nitrogens with one attached hydrogen (secondary N) is 2. The number of aromatic nitrogens is 2. The highest BCUT2D eigenvalue weighted by atomic mass is 19.4. The minimum atomic E-state index is -4.40. The van der Waals surface area contributed by atoms with Crippen molar-refractivity contribution in [1.82, 2.24) is 20.6 Å². The Balaban J connectivity index is 1.74. The van der Waals surface area contributed by atoms with E-state index in [0.29, 0.717) is 25.6 Å². The van der Waals surface area contributed by atoms with Gasteiger partial charge in [0.05, 0.1) is 12.1 Å². The molecule has 0 aliphatic rings. The van der Waals surface area contributed by atoms with Crippen LogP contribution in [0.4, 0.5) is 13.2 Å². The summed E-state index contributed by atoms with van der Waals surface area (Å²) in [5.41, 5.74) is 0.163. The van der Waals surface area contributed by atoms with Crippen LogP contribution >= 0.6 is 0 Å². The van der Waals surface area contributed by atoms with Gasteiger partial charge in [0, 0.05) is 43.7 Å². The van der Waals surface area contributed by atoms with Gasteiger partial charge in [0.25, 0.3) is 0 Å². The van der Waals surface area contributed by atoms with Gasteiger partial charge in [0.15, 0.2) is 5.96 Å². The van der Waals surface area contributed by atoms with Crippen molar-refractivity contribution in [3.63, 3.8) is 0 Å². The number of hydrogen-bond donors (Lipinski definition) is 2. The maximum Gasteiger partial charge on any atom is 0.417 e. The van der Waals surface area contributed by atoms with E-state index in [1.54, 1.807) is 6.20 Å². The van der Waals surface area contributed by atoms with Crippen LogP contribution in [0.1, 0.15) is 18.2 Å². The molecule has 2 aromatic heterocycles. The van der Waals surface area contributed by atoms with Crippen LogP contribution in [0, 0.1) is 0 Å². The van der Waals surface area contributed by atoms with E-state index in [-0.39, 0.29) is 12.5 Å². The van der Waals surface area contributed by atoms with Gasteiger partial charge in [-0.25, -0.2) is 4.98 Å². The average Bonchev–Trinajstić information content (AvgIpc) is 2.65. The van der Waals surface area contributed by atoms with Crippen molar-refractivity contribution in [2.75, 3.05) is 26.2 Å². The zero-order valence-corrected chi connectivity index (χ0v) is 15.0. The topological polar surface area (TPSA) is 71.4 Å². The van der Waals surface area contributed by atoms with Gasteiger partial charge in [-0.2, -0.15) is 13.2 Å². The lowest BCUT2D eigenvalue weighted by Gasteiger charge is -2.12. The lowest BCUT2D eigenvalue weighted by atomic mass is 10.3. The number of guanidine groups is 1. The molecule has 0 unspecified atom stereocenters. The first-order chi connectivity index (χ1) is 13.0. The second kappa shape index (κ2) is 10.3. The molecule has 6 nitrogen and oxygen atoms in total. The zero-order chi connectivity index (χ0) is 19.5. The van der Waals surface area contributed by atoms with Crippen LogP contribution in [0.25, 0.3) is 0 Å². The molecule has 0 atom stereocenters. The Morgan fingerprint density at radius 1 is 1.15 bits per heavy atom. The predicted octanol–water partition coefficient (Wildman–Crippen LogP) is 2.67. The zero-order valence-electron chi connectivity index (χ0n) is 15.0. The van der Waals surface area contributed by atoms with Gasteiger partial charge in [0.2, 0.25) is 5.88 Å². The Kier molecular flexibility index (Phi) is 7.84. The van der Waals surface area contributed by atoms with Gasteiger partial charge in [-0.05, 0) is 25.1 Å².